The number of carboxylic acid groups (broad SMARTS) is 1. The van der Waals surface area contributed by atoms with Gasteiger partial charge in [0.15, 0.2) is 22.6 Å². The number of amides is 2. The lowest BCUT2D eigenvalue weighted by Crippen LogP contribution is -2.71. The smallest absolute Gasteiger partial charge is 0.352 e. The van der Waals surface area contributed by atoms with Crippen molar-refractivity contribution in [3.05, 3.63) is 52.9 Å². The van der Waals surface area contributed by atoms with Gasteiger partial charge in [-0.05, 0) is 12.1 Å². The fraction of sp³-hybridized carbons (Fsp3) is 0.250. The Hall–Kier alpha value is -3.98. The van der Waals surface area contributed by atoms with E-state index < -0.39 is 29.2 Å². The van der Waals surface area contributed by atoms with Crippen LogP contribution < -0.4 is 15.7 Å². The maximum atomic E-state index is 13.0. The quantitative estimate of drug-likeness (QED) is 0.162. The highest BCUT2D eigenvalue weighted by molar-refractivity contribution is 8.00. The number of nitrogens with one attached hydrogen (secondary N) is 1. The molecule has 5 rings (SSSR count). The maximum Gasteiger partial charge on any atom is 0.352 e. The molecule has 2 aliphatic heterocycles. The number of carboxylic acids is 1. The molecule has 180 valence electrons. The third-order valence-electron chi connectivity index (χ3n) is 5.41. The molecule has 13 nitrogen and oxygen atoms in total. The zero-order valence-corrected chi connectivity index (χ0v) is 19.8. The van der Waals surface area contributed by atoms with Crippen molar-refractivity contribution < 1.29 is 29.0 Å². The van der Waals surface area contributed by atoms with E-state index in [-0.39, 0.29) is 28.8 Å². The molecule has 0 bridgehead atoms. The van der Waals surface area contributed by atoms with Gasteiger partial charge in [0.05, 0.1) is 5.21 Å². The number of rotatable bonds is 7. The van der Waals surface area contributed by atoms with E-state index in [1.165, 1.54) is 23.8 Å². The van der Waals surface area contributed by atoms with E-state index in [1.54, 1.807) is 27.0 Å². The number of hydrogen-bond acceptors (Lipinski definition) is 10. The van der Waals surface area contributed by atoms with E-state index >= 15 is 0 Å². The molecule has 0 radical (unpaired) electrons. The Morgan fingerprint density at radius 1 is 1.43 bits per heavy atom. The molecule has 1 saturated heterocycles. The number of pyridine rings is 1. The molecule has 35 heavy (non-hydrogen) atoms. The zero-order valence-electron chi connectivity index (χ0n) is 18.2. The summed E-state index contributed by atoms with van der Waals surface area (Å²) in [6.45, 7) is 0.208. The molecule has 0 unspecified atom stereocenters. The summed E-state index contributed by atoms with van der Waals surface area (Å²) in [6, 6.07) is 4.68. The Bertz CT molecular complexity index is 1380. The van der Waals surface area contributed by atoms with Gasteiger partial charge in [0.25, 0.3) is 11.8 Å². The molecule has 0 spiro atoms. The fourth-order valence-electron chi connectivity index (χ4n) is 3.91. The number of thioether (sulfide) groups is 1. The second kappa shape index (κ2) is 8.99. The van der Waals surface area contributed by atoms with Crippen LogP contribution in [0.3, 0.4) is 0 Å². The third kappa shape index (κ3) is 4.08. The van der Waals surface area contributed by atoms with Crippen molar-refractivity contribution in [3.8, 4) is 0 Å². The van der Waals surface area contributed by atoms with E-state index in [9.17, 15) is 19.5 Å². The number of nitrogen functional groups attached to an aromatic ring is 1. The lowest BCUT2D eigenvalue weighted by atomic mass is 10.0. The molecule has 0 aromatic carbocycles. The Morgan fingerprint density at radius 2 is 2.26 bits per heavy atom. The minimum absolute atomic E-state index is 0.0909. The van der Waals surface area contributed by atoms with E-state index in [4.69, 9.17) is 10.6 Å². The first-order valence-electron chi connectivity index (χ1n) is 10.2. The summed E-state index contributed by atoms with van der Waals surface area (Å²) in [5.74, 6) is -2.07. The van der Waals surface area contributed by atoms with Crippen LogP contribution in [0.15, 0.2) is 52.4 Å². The van der Waals surface area contributed by atoms with Crippen LogP contribution in [0.5, 0.6) is 0 Å². The van der Waals surface area contributed by atoms with Gasteiger partial charge in [-0.3, -0.25) is 14.5 Å². The van der Waals surface area contributed by atoms with Gasteiger partial charge in [-0.25, -0.2) is 9.78 Å². The minimum Gasteiger partial charge on any atom is -0.477 e. The van der Waals surface area contributed by atoms with E-state index in [1.807, 2.05) is 18.2 Å². The van der Waals surface area contributed by atoms with Crippen molar-refractivity contribution in [2.75, 3.05) is 18.6 Å². The molecule has 0 saturated carbocycles. The third-order valence-corrected chi connectivity index (χ3v) is 7.43. The summed E-state index contributed by atoms with van der Waals surface area (Å²) in [6.07, 6.45) is 3.59. The van der Waals surface area contributed by atoms with E-state index in [0.29, 0.717) is 11.3 Å². The van der Waals surface area contributed by atoms with Gasteiger partial charge in [0, 0.05) is 16.7 Å². The highest BCUT2D eigenvalue weighted by Crippen LogP contribution is 2.40. The molecular formula is C20H19N8O5S2+. The monoisotopic (exact) mass is 515 g/mol. The van der Waals surface area contributed by atoms with Gasteiger partial charge < -0.3 is 21.0 Å². The average Bonchev–Trinajstić information content (AvgIpc) is 3.45. The van der Waals surface area contributed by atoms with Crippen LogP contribution in [-0.4, -0.2) is 72.5 Å². The van der Waals surface area contributed by atoms with Crippen molar-refractivity contribution in [1.29, 1.82) is 0 Å². The van der Waals surface area contributed by atoms with E-state index in [2.05, 4.69) is 20.7 Å². The minimum atomic E-state index is -1.22. The number of thiazole rings is 1. The van der Waals surface area contributed by atoms with Gasteiger partial charge in [-0.2, -0.15) is 0 Å². The lowest BCUT2D eigenvalue weighted by Gasteiger charge is -2.49. The molecular weight excluding hydrogens is 496 g/mol. The van der Waals surface area contributed by atoms with Crippen LogP contribution in [0.25, 0.3) is 5.52 Å². The van der Waals surface area contributed by atoms with Gasteiger partial charge in [0.1, 0.15) is 42.7 Å². The molecule has 5 heterocycles. The van der Waals surface area contributed by atoms with Crippen LogP contribution in [0.2, 0.25) is 0 Å². The van der Waals surface area contributed by atoms with Crippen molar-refractivity contribution in [2.24, 2.45) is 5.16 Å². The van der Waals surface area contributed by atoms with Crippen LogP contribution in [0.4, 0.5) is 5.13 Å². The fourth-order valence-corrected chi connectivity index (χ4v) is 5.80. The van der Waals surface area contributed by atoms with Crippen LogP contribution in [0, 0.1) is 0 Å². The standard InChI is InChI=1S/C20H18N8O5S2/c1-33-24-13(12-9-35-20(21)22-12)16(29)23-14-17(30)28-15(19(31)32)10(8-34-18(14)28)6-26-7-11-4-2-3-5-27(11)25-26/h2-5,7,9,14,18H,6,8H2,1H3,(H3-,21,22,23,29,31,32)/p+1/t14-,18+/m1/s1. The van der Waals surface area contributed by atoms with Crippen molar-refractivity contribution in [1.82, 2.24) is 24.9 Å². The first-order chi connectivity index (χ1) is 16.9. The topological polar surface area (TPSA) is 168 Å². The SMILES string of the molecule is CON=C(C(=O)N[C@@H]1C(=O)N2C(C(=O)O)=C(C[n+]3cc4ccccn4n3)CS[C@@H]12)c1csc(N)n1. The molecule has 3 aromatic heterocycles. The van der Waals surface area contributed by atoms with Crippen molar-refractivity contribution >= 4 is 57.2 Å². The van der Waals surface area contributed by atoms with Crippen LogP contribution >= 0.6 is 23.1 Å². The number of fused-ring (bicyclic) bond motifs is 2. The lowest BCUT2D eigenvalue weighted by molar-refractivity contribution is -0.746. The number of aromatic nitrogens is 4. The average molecular weight is 516 g/mol. The van der Waals surface area contributed by atoms with Crippen molar-refractivity contribution in [3.63, 3.8) is 0 Å². The molecule has 2 atom stereocenters. The van der Waals surface area contributed by atoms with Gasteiger partial charge >= 0.3 is 5.97 Å². The largest absolute Gasteiger partial charge is 0.477 e. The number of carbonyl (C=O) groups is 3. The van der Waals surface area contributed by atoms with Gasteiger partial charge in [-0.15, -0.1) is 32.3 Å². The summed E-state index contributed by atoms with van der Waals surface area (Å²) < 4.78 is 3.31. The normalized spacial score (nSPS) is 20.0. The van der Waals surface area contributed by atoms with Gasteiger partial charge in [0.2, 0.25) is 0 Å². The number of aliphatic carboxylic acids is 1. The molecule has 2 amide bonds. The summed E-state index contributed by atoms with van der Waals surface area (Å²) >= 11 is 2.49. The number of anilines is 1. The van der Waals surface area contributed by atoms with E-state index in [0.717, 1.165) is 16.9 Å². The van der Waals surface area contributed by atoms with Crippen LogP contribution in [0.1, 0.15) is 5.69 Å². The first-order valence-corrected chi connectivity index (χ1v) is 12.2. The number of oxime groups is 1. The number of β-lactam (4-membered cyclic amide) rings is 1. The molecule has 15 heteroatoms. The number of nitrogens with two attached hydrogens (primary N) is 1. The van der Waals surface area contributed by atoms with Crippen LogP contribution in [-0.2, 0) is 25.8 Å². The number of hydrogen-bond donors (Lipinski definition) is 3. The summed E-state index contributed by atoms with van der Waals surface area (Å²) in [5, 5.41) is 21.9. The Labute approximate surface area is 205 Å². The number of nitrogens with zero attached hydrogens (tertiary/aromatic N) is 6. The predicted molar refractivity (Wildman–Crippen MR) is 125 cm³/mol. The zero-order chi connectivity index (χ0) is 24.7. The molecule has 3 aromatic rings. The molecule has 2 aliphatic rings. The van der Waals surface area contributed by atoms with Gasteiger partial charge in [-0.1, -0.05) is 11.2 Å². The highest BCUT2D eigenvalue weighted by Gasteiger charge is 2.54. The molecule has 1 fully saturated rings. The second-order valence-corrected chi connectivity index (χ2v) is 9.59. The highest BCUT2D eigenvalue weighted by atomic mass is 32.2. The molecule has 4 N–H and O–H groups in total. The van der Waals surface area contributed by atoms with Crippen molar-refractivity contribution in [2.45, 2.75) is 18.0 Å². The first kappa shape index (κ1) is 22.8. The summed E-state index contributed by atoms with van der Waals surface area (Å²) in [5.41, 5.74) is 7.03. The summed E-state index contributed by atoms with van der Waals surface area (Å²) in [7, 11) is 1.28. The Kier molecular flexibility index (Phi) is 5.86. The predicted octanol–water partition coefficient (Wildman–Crippen LogP) is -0.550. The second-order valence-electron chi connectivity index (χ2n) is 7.60. The number of carbonyl (C=O) groups excluding carboxylic acids is 2. The Morgan fingerprint density at radius 3 is 2.94 bits per heavy atom. The molecule has 0 aliphatic carbocycles. The Balaban J connectivity index is 1.36. The summed E-state index contributed by atoms with van der Waals surface area (Å²) in [4.78, 5) is 48.0. The maximum absolute atomic E-state index is 13.0.